The second-order valence-electron chi connectivity index (χ2n) is 4.88. The Bertz CT molecular complexity index is 406. The first-order chi connectivity index (χ1) is 9.24. The Labute approximate surface area is 114 Å². The summed E-state index contributed by atoms with van der Waals surface area (Å²) in [6, 6.07) is 0.888. The molecule has 19 heavy (non-hydrogen) atoms. The van der Waals surface area contributed by atoms with Crippen molar-refractivity contribution in [3.63, 3.8) is 0 Å². The molecule has 0 saturated heterocycles. The van der Waals surface area contributed by atoms with Crippen molar-refractivity contribution in [2.24, 2.45) is 0 Å². The van der Waals surface area contributed by atoms with E-state index >= 15 is 0 Å². The molecular formula is C13H23N5O. The van der Waals surface area contributed by atoms with E-state index in [9.17, 15) is 0 Å². The predicted octanol–water partition coefficient (Wildman–Crippen LogP) is 2.08. The van der Waals surface area contributed by atoms with Gasteiger partial charge in [-0.1, -0.05) is 19.3 Å². The Morgan fingerprint density at radius 2 is 1.95 bits per heavy atom. The molecule has 0 atom stereocenters. The van der Waals surface area contributed by atoms with E-state index in [2.05, 4.69) is 32.2 Å². The van der Waals surface area contributed by atoms with E-state index in [1.165, 1.54) is 32.1 Å². The van der Waals surface area contributed by atoms with Gasteiger partial charge in [-0.15, -0.1) is 0 Å². The van der Waals surface area contributed by atoms with E-state index in [1.54, 1.807) is 7.11 Å². The molecule has 1 aliphatic carbocycles. The van der Waals surface area contributed by atoms with Crippen LogP contribution < -0.4 is 15.0 Å². The molecule has 2 rings (SSSR count). The van der Waals surface area contributed by atoms with Crippen molar-refractivity contribution < 1.29 is 4.74 Å². The smallest absolute Gasteiger partial charge is 0.322 e. The summed E-state index contributed by atoms with van der Waals surface area (Å²) in [5.74, 6) is 1.27. The Morgan fingerprint density at radius 3 is 2.58 bits per heavy atom. The van der Waals surface area contributed by atoms with Gasteiger partial charge < -0.3 is 15.0 Å². The summed E-state index contributed by atoms with van der Waals surface area (Å²) in [5, 5.41) is 3.11. The largest absolute Gasteiger partial charge is 0.467 e. The molecule has 1 aliphatic rings. The molecule has 1 heterocycles. The summed E-state index contributed by atoms with van der Waals surface area (Å²) >= 11 is 0. The van der Waals surface area contributed by atoms with Gasteiger partial charge >= 0.3 is 6.01 Å². The first-order valence-corrected chi connectivity index (χ1v) is 7.01. The molecule has 0 radical (unpaired) electrons. The molecule has 1 fully saturated rings. The number of aromatic nitrogens is 3. The van der Waals surface area contributed by atoms with Crippen molar-refractivity contribution >= 4 is 11.9 Å². The van der Waals surface area contributed by atoms with Crippen LogP contribution in [0.15, 0.2) is 0 Å². The Hall–Kier alpha value is -1.59. The maximum absolute atomic E-state index is 5.15. The highest BCUT2D eigenvalue weighted by Crippen LogP contribution is 2.25. The topological polar surface area (TPSA) is 63.2 Å². The third kappa shape index (κ3) is 3.45. The lowest BCUT2D eigenvalue weighted by Gasteiger charge is -2.31. The van der Waals surface area contributed by atoms with E-state index < -0.39 is 0 Å². The van der Waals surface area contributed by atoms with Crippen molar-refractivity contribution in [2.45, 2.75) is 45.1 Å². The van der Waals surface area contributed by atoms with Crippen LogP contribution in [-0.4, -0.2) is 41.7 Å². The maximum atomic E-state index is 5.15. The number of hydrogen-bond acceptors (Lipinski definition) is 6. The van der Waals surface area contributed by atoms with Gasteiger partial charge in [0.1, 0.15) is 0 Å². The second kappa shape index (κ2) is 6.54. The molecule has 6 nitrogen and oxygen atoms in total. The summed E-state index contributed by atoms with van der Waals surface area (Å²) in [7, 11) is 3.63. The van der Waals surface area contributed by atoms with Crippen LogP contribution in [0.2, 0.25) is 0 Å². The van der Waals surface area contributed by atoms with Crippen LogP contribution in [0, 0.1) is 0 Å². The SMILES string of the molecule is CCNc1nc(OC)nc(N(C)C2CCCCC2)n1. The average Bonchev–Trinajstić information content (AvgIpc) is 2.47. The lowest BCUT2D eigenvalue weighted by molar-refractivity contribution is 0.376. The summed E-state index contributed by atoms with van der Waals surface area (Å²) in [6.45, 7) is 2.79. The molecule has 0 spiro atoms. The monoisotopic (exact) mass is 265 g/mol. The highest BCUT2D eigenvalue weighted by molar-refractivity contribution is 5.38. The zero-order valence-corrected chi connectivity index (χ0v) is 12.0. The molecular weight excluding hydrogens is 242 g/mol. The molecule has 0 unspecified atom stereocenters. The lowest BCUT2D eigenvalue weighted by Crippen LogP contribution is -2.34. The second-order valence-corrected chi connectivity index (χ2v) is 4.88. The summed E-state index contributed by atoms with van der Waals surface area (Å²) in [5.41, 5.74) is 0. The van der Waals surface area contributed by atoms with Crippen molar-refractivity contribution in [3.05, 3.63) is 0 Å². The number of methoxy groups -OCH3 is 1. The Kier molecular flexibility index (Phi) is 4.76. The highest BCUT2D eigenvalue weighted by atomic mass is 16.5. The number of nitrogens with zero attached hydrogens (tertiary/aromatic N) is 4. The van der Waals surface area contributed by atoms with Gasteiger partial charge in [-0.25, -0.2) is 0 Å². The highest BCUT2D eigenvalue weighted by Gasteiger charge is 2.21. The van der Waals surface area contributed by atoms with Gasteiger partial charge in [0.05, 0.1) is 7.11 Å². The third-order valence-electron chi connectivity index (χ3n) is 3.56. The van der Waals surface area contributed by atoms with Crippen molar-refractivity contribution in [1.29, 1.82) is 0 Å². The average molecular weight is 265 g/mol. The van der Waals surface area contributed by atoms with Crippen molar-refractivity contribution in [1.82, 2.24) is 15.0 Å². The Balaban J connectivity index is 2.18. The van der Waals surface area contributed by atoms with Gasteiger partial charge in [0, 0.05) is 19.6 Å². The Morgan fingerprint density at radius 1 is 1.21 bits per heavy atom. The minimum absolute atomic E-state index is 0.364. The fraction of sp³-hybridized carbons (Fsp3) is 0.769. The summed E-state index contributed by atoms with van der Waals surface area (Å²) in [4.78, 5) is 15.2. The van der Waals surface area contributed by atoms with Gasteiger partial charge in [-0.05, 0) is 19.8 Å². The minimum atomic E-state index is 0.364. The minimum Gasteiger partial charge on any atom is -0.467 e. The molecule has 0 aromatic carbocycles. The van der Waals surface area contributed by atoms with E-state index in [4.69, 9.17) is 4.74 Å². The molecule has 1 aromatic heterocycles. The van der Waals surface area contributed by atoms with Crippen molar-refractivity contribution in [2.75, 3.05) is 30.9 Å². The van der Waals surface area contributed by atoms with Crippen LogP contribution in [0.25, 0.3) is 0 Å². The molecule has 0 amide bonds. The number of rotatable bonds is 5. The third-order valence-corrected chi connectivity index (χ3v) is 3.56. The van der Waals surface area contributed by atoms with E-state index in [0.717, 1.165) is 6.54 Å². The van der Waals surface area contributed by atoms with Crippen molar-refractivity contribution in [3.8, 4) is 6.01 Å². The van der Waals surface area contributed by atoms with Gasteiger partial charge in [0.25, 0.3) is 0 Å². The van der Waals surface area contributed by atoms with Crippen LogP contribution in [0.4, 0.5) is 11.9 Å². The van der Waals surface area contributed by atoms with Gasteiger partial charge in [-0.2, -0.15) is 15.0 Å². The lowest BCUT2D eigenvalue weighted by atomic mass is 9.95. The predicted molar refractivity (Wildman–Crippen MR) is 75.8 cm³/mol. The van der Waals surface area contributed by atoms with Crippen LogP contribution in [0.1, 0.15) is 39.0 Å². The molecule has 106 valence electrons. The normalized spacial score (nSPS) is 16.2. The standard InChI is InChI=1S/C13H23N5O/c1-4-14-11-15-12(17-13(16-11)19-3)18(2)10-8-6-5-7-9-10/h10H,4-9H2,1-3H3,(H,14,15,16,17). The summed E-state index contributed by atoms with van der Waals surface area (Å²) in [6.07, 6.45) is 6.34. The molecule has 1 N–H and O–H groups in total. The molecule has 6 heteroatoms. The quantitative estimate of drug-likeness (QED) is 0.879. The number of hydrogen-bond donors (Lipinski definition) is 1. The molecule has 1 aromatic rings. The van der Waals surface area contributed by atoms with Crippen LogP contribution in [0.5, 0.6) is 6.01 Å². The van der Waals surface area contributed by atoms with E-state index in [-0.39, 0.29) is 0 Å². The zero-order chi connectivity index (χ0) is 13.7. The fourth-order valence-electron chi connectivity index (χ4n) is 2.46. The number of ether oxygens (including phenoxy) is 1. The first kappa shape index (κ1) is 13.8. The molecule has 0 aliphatic heterocycles. The molecule has 0 bridgehead atoms. The molecule has 1 saturated carbocycles. The van der Waals surface area contributed by atoms with Crippen LogP contribution in [0.3, 0.4) is 0 Å². The zero-order valence-electron chi connectivity index (χ0n) is 12.0. The van der Waals surface area contributed by atoms with Crippen LogP contribution >= 0.6 is 0 Å². The number of nitrogens with one attached hydrogen (secondary N) is 1. The van der Waals surface area contributed by atoms with Gasteiger partial charge in [0.15, 0.2) is 0 Å². The number of anilines is 2. The van der Waals surface area contributed by atoms with Gasteiger partial charge in [-0.3, -0.25) is 0 Å². The van der Waals surface area contributed by atoms with E-state index in [1.807, 2.05) is 6.92 Å². The summed E-state index contributed by atoms with van der Waals surface area (Å²) < 4.78 is 5.15. The maximum Gasteiger partial charge on any atom is 0.322 e. The van der Waals surface area contributed by atoms with Gasteiger partial charge in [0.2, 0.25) is 11.9 Å². The first-order valence-electron chi connectivity index (χ1n) is 7.01. The fourth-order valence-corrected chi connectivity index (χ4v) is 2.46. The van der Waals surface area contributed by atoms with E-state index in [0.29, 0.717) is 23.9 Å². The van der Waals surface area contributed by atoms with Crippen LogP contribution in [-0.2, 0) is 0 Å².